The third-order valence-electron chi connectivity index (χ3n) is 3.78. The van der Waals surface area contributed by atoms with Crippen LogP contribution in [0.4, 0.5) is 4.79 Å². The van der Waals surface area contributed by atoms with Crippen LogP contribution in [0.2, 0.25) is 0 Å². The Labute approximate surface area is 116 Å². The minimum atomic E-state index is -0.853. The largest absolute Gasteiger partial charge is 0.481 e. The molecule has 0 aromatic heterocycles. The number of carboxylic acid groups (broad SMARTS) is 1. The van der Waals surface area contributed by atoms with Gasteiger partial charge in [-0.25, -0.2) is 0 Å². The summed E-state index contributed by atoms with van der Waals surface area (Å²) < 4.78 is 0. The van der Waals surface area contributed by atoms with Gasteiger partial charge in [0.2, 0.25) is 5.91 Å². The number of nitrogens with zero attached hydrogens (tertiary/aromatic N) is 2. The van der Waals surface area contributed by atoms with Crippen molar-refractivity contribution in [3.05, 3.63) is 0 Å². The fourth-order valence-corrected chi connectivity index (χ4v) is 3.22. The quantitative estimate of drug-likeness (QED) is 0.829. The molecule has 1 unspecified atom stereocenters. The number of aliphatic carboxylic acids is 1. The molecule has 19 heavy (non-hydrogen) atoms. The lowest BCUT2D eigenvalue weighted by Crippen LogP contribution is -2.36. The molecule has 1 atom stereocenters. The lowest BCUT2D eigenvalue weighted by Gasteiger charge is -2.21. The van der Waals surface area contributed by atoms with Crippen molar-refractivity contribution in [2.75, 3.05) is 31.9 Å². The van der Waals surface area contributed by atoms with Crippen molar-refractivity contribution in [2.45, 2.75) is 19.8 Å². The van der Waals surface area contributed by atoms with E-state index in [1.54, 1.807) is 16.7 Å². The molecular formula is C12H18N2O4S. The van der Waals surface area contributed by atoms with Crippen molar-refractivity contribution in [3.8, 4) is 0 Å². The summed E-state index contributed by atoms with van der Waals surface area (Å²) in [5.74, 6) is -0.128. The third kappa shape index (κ3) is 3.02. The zero-order chi connectivity index (χ0) is 14.0. The molecule has 2 aliphatic heterocycles. The van der Waals surface area contributed by atoms with Crippen molar-refractivity contribution < 1.29 is 19.5 Å². The summed E-state index contributed by atoms with van der Waals surface area (Å²) in [6.45, 7) is 3.56. The van der Waals surface area contributed by atoms with Gasteiger partial charge in [0.05, 0.1) is 5.41 Å². The molecule has 106 valence electrons. The summed E-state index contributed by atoms with van der Waals surface area (Å²) in [7, 11) is 0. The molecule has 0 aromatic rings. The Morgan fingerprint density at radius 3 is 2.68 bits per heavy atom. The first-order valence-electron chi connectivity index (χ1n) is 6.35. The number of rotatable bonds is 4. The molecule has 0 aliphatic carbocycles. The molecule has 0 spiro atoms. The highest BCUT2D eigenvalue weighted by molar-refractivity contribution is 8.13. The highest BCUT2D eigenvalue weighted by atomic mass is 32.2. The number of likely N-dealkylation sites (tertiary alicyclic amines) is 1. The SMILES string of the molecule is CC1(C(=O)O)CCN(C(=O)CCN2CCSC2=O)C1. The Hall–Kier alpha value is -1.24. The minimum absolute atomic E-state index is 0.0320. The smallest absolute Gasteiger partial charge is 0.311 e. The summed E-state index contributed by atoms with van der Waals surface area (Å²) in [4.78, 5) is 37.8. The molecule has 2 amide bonds. The number of hydrogen-bond donors (Lipinski definition) is 1. The fourth-order valence-electron chi connectivity index (χ4n) is 2.37. The topological polar surface area (TPSA) is 77.9 Å². The molecule has 1 N–H and O–H groups in total. The average Bonchev–Trinajstić information content (AvgIpc) is 2.94. The second kappa shape index (κ2) is 5.40. The Morgan fingerprint density at radius 2 is 2.16 bits per heavy atom. The predicted molar refractivity (Wildman–Crippen MR) is 71.0 cm³/mol. The monoisotopic (exact) mass is 286 g/mol. The lowest BCUT2D eigenvalue weighted by molar-refractivity contribution is -0.147. The molecule has 6 nitrogen and oxygen atoms in total. The van der Waals surface area contributed by atoms with Crippen LogP contribution in [0.15, 0.2) is 0 Å². The van der Waals surface area contributed by atoms with Gasteiger partial charge in [0.25, 0.3) is 5.24 Å². The number of hydrogen-bond acceptors (Lipinski definition) is 4. The van der Waals surface area contributed by atoms with Crippen LogP contribution < -0.4 is 0 Å². The summed E-state index contributed by atoms with van der Waals surface area (Å²) in [6.07, 6.45) is 0.772. The summed E-state index contributed by atoms with van der Waals surface area (Å²) >= 11 is 1.28. The molecule has 7 heteroatoms. The average molecular weight is 286 g/mol. The summed E-state index contributed by atoms with van der Waals surface area (Å²) in [5.41, 5.74) is -0.824. The van der Waals surface area contributed by atoms with E-state index in [1.807, 2.05) is 0 Å². The van der Waals surface area contributed by atoms with E-state index in [-0.39, 0.29) is 24.1 Å². The van der Waals surface area contributed by atoms with Crippen LogP contribution in [0.3, 0.4) is 0 Å². The van der Waals surface area contributed by atoms with E-state index in [9.17, 15) is 14.4 Å². The minimum Gasteiger partial charge on any atom is -0.481 e. The van der Waals surface area contributed by atoms with E-state index in [0.29, 0.717) is 26.1 Å². The van der Waals surface area contributed by atoms with E-state index < -0.39 is 11.4 Å². The standard InChI is InChI=1S/C12H18N2O4S/c1-12(10(16)17)3-5-14(8-12)9(15)2-4-13-6-7-19-11(13)18/h2-8H2,1H3,(H,16,17). The zero-order valence-electron chi connectivity index (χ0n) is 10.9. The van der Waals surface area contributed by atoms with Gasteiger partial charge < -0.3 is 14.9 Å². The Kier molecular flexibility index (Phi) is 4.03. The van der Waals surface area contributed by atoms with Crippen LogP contribution in [0.5, 0.6) is 0 Å². The zero-order valence-corrected chi connectivity index (χ0v) is 11.7. The number of carboxylic acids is 1. The molecule has 0 aromatic carbocycles. The molecule has 2 aliphatic rings. The molecular weight excluding hydrogens is 268 g/mol. The second-order valence-electron chi connectivity index (χ2n) is 5.28. The van der Waals surface area contributed by atoms with Gasteiger partial charge in [-0.3, -0.25) is 14.4 Å². The maximum absolute atomic E-state index is 12.0. The van der Waals surface area contributed by atoms with Crippen molar-refractivity contribution in [1.29, 1.82) is 0 Å². The van der Waals surface area contributed by atoms with Crippen LogP contribution >= 0.6 is 11.8 Å². The maximum atomic E-state index is 12.0. The van der Waals surface area contributed by atoms with Gasteiger partial charge in [-0.05, 0) is 13.3 Å². The van der Waals surface area contributed by atoms with Gasteiger partial charge >= 0.3 is 5.97 Å². The van der Waals surface area contributed by atoms with Gasteiger partial charge in [-0.2, -0.15) is 0 Å². The predicted octanol–water partition coefficient (Wildman–Crippen LogP) is 0.869. The lowest BCUT2D eigenvalue weighted by atomic mass is 9.90. The van der Waals surface area contributed by atoms with Crippen LogP contribution in [-0.4, -0.2) is 64.0 Å². The van der Waals surface area contributed by atoms with E-state index >= 15 is 0 Å². The van der Waals surface area contributed by atoms with Gasteiger partial charge in [0.1, 0.15) is 0 Å². The van der Waals surface area contributed by atoms with Gasteiger partial charge in [0.15, 0.2) is 0 Å². The second-order valence-corrected chi connectivity index (χ2v) is 6.33. The first kappa shape index (κ1) is 14.2. The maximum Gasteiger partial charge on any atom is 0.311 e. The molecule has 0 saturated carbocycles. The van der Waals surface area contributed by atoms with Crippen molar-refractivity contribution in [3.63, 3.8) is 0 Å². The molecule has 2 heterocycles. The normalized spacial score (nSPS) is 27.1. The number of amides is 2. The molecule has 2 fully saturated rings. The number of carbonyl (C=O) groups excluding carboxylic acids is 2. The Bertz CT molecular complexity index is 415. The van der Waals surface area contributed by atoms with Crippen molar-refractivity contribution >= 4 is 28.9 Å². The Balaban J connectivity index is 1.81. The number of thioether (sulfide) groups is 1. The molecule has 2 rings (SSSR count). The van der Waals surface area contributed by atoms with Gasteiger partial charge in [0, 0.05) is 38.4 Å². The highest BCUT2D eigenvalue weighted by Gasteiger charge is 2.42. The fraction of sp³-hybridized carbons (Fsp3) is 0.750. The highest BCUT2D eigenvalue weighted by Crippen LogP contribution is 2.30. The van der Waals surface area contributed by atoms with Crippen LogP contribution in [0.25, 0.3) is 0 Å². The van der Waals surface area contributed by atoms with Crippen LogP contribution in [0.1, 0.15) is 19.8 Å². The molecule has 0 bridgehead atoms. The van der Waals surface area contributed by atoms with Crippen molar-refractivity contribution in [2.24, 2.45) is 5.41 Å². The molecule has 0 radical (unpaired) electrons. The first-order chi connectivity index (χ1) is 8.92. The van der Waals surface area contributed by atoms with Gasteiger partial charge in [-0.1, -0.05) is 11.8 Å². The Morgan fingerprint density at radius 1 is 1.42 bits per heavy atom. The van der Waals surface area contributed by atoms with Crippen LogP contribution in [0, 0.1) is 5.41 Å². The first-order valence-corrected chi connectivity index (χ1v) is 7.34. The van der Waals surface area contributed by atoms with E-state index in [1.165, 1.54) is 11.8 Å². The van der Waals surface area contributed by atoms with E-state index in [4.69, 9.17) is 5.11 Å². The van der Waals surface area contributed by atoms with Crippen LogP contribution in [-0.2, 0) is 9.59 Å². The third-order valence-corrected chi connectivity index (χ3v) is 4.67. The number of carbonyl (C=O) groups is 3. The summed E-state index contributed by atoms with van der Waals surface area (Å²) in [5, 5.41) is 9.15. The summed E-state index contributed by atoms with van der Waals surface area (Å²) in [6, 6.07) is 0. The van der Waals surface area contributed by atoms with E-state index in [2.05, 4.69) is 0 Å². The van der Waals surface area contributed by atoms with E-state index in [0.717, 1.165) is 5.75 Å². The molecule has 2 saturated heterocycles. The van der Waals surface area contributed by atoms with Crippen molar-refractivity contribution in [1.82, 2.24) is 9.80 Å². The van der Waals surface area contributed by atoms with Gasteiger partial charge in [-0.15, -0.1) is 0 Å².